The lowest BCUT2D eigenvalue weighted by Crippen LogP contribution is -2.41. The summed E-state index contributed by atoms with van der Waals surface area (Å²) in [5.41, 5.74) is 1.68. The van der Waals surface area contributed by atoms with Crippen LogP contribution in [-0.2, 0) is 20.9 Å². The summed E-state index contributed by atoms with van der Waals surface area (Å²) in [4.78, 5) is 34.3. The van der Waals surface area contributed by atoms with Gasteiger partial charge in [0.2, 0.25) is 0 Å². The molecular weight excluding hydrogens is 460 g/mol. The van der Waals surface area contributed by atoms with E-state index in [1.54, 1.807) is 4.90 Å². The van der Waals surface area contributed by atoms with E-state index < -0.39 is 5.60 Å². The van der Waals surface area contributed by atoms with Crippen LogP contribution in [0, 0.1) is 5.92 Å². The van der Waals surface area contributed by atoms with Gasteiger partial charge in [0, 0.05) is 24.9 Å². The molecule has 0 radical (unpaired) electrons. The maximum atomic E-state index is 13.6. The van der Waals surface area contributed by atoms with Crippen LogP contribution in [0.3, 0.4) is 0 Å². The molecule has 7 heteroatoms. The molecule has 6 nitrogen and oxygen atoms in total. The minimum Gasteiger partial charge on any atom is -0.444 e. The Kier molecular flexibility index (Phi) is 8.19. The fraction of sp³-hybridized carbons (Fsp3) is 0.500. The number of ether oxygens (including phenoxy) is 1. The van der Waals surface area contributed by atoms with Crippen LogP contribution < -0.4 is 0 Å². The van der Waals surface area contributed by atoms with Crippen molar-refractivity contribution in [2.75, 3.05) is 12.3 Å². The molecule has 0 aromatic heterocycles. The highest BCUT2D eigenvalue weighted by Gasteiger charge is 2.46. The first kappa shape index (κ1) is 25.7. The number of likely N-dealkylation sites (tertiary alicyclic amines) is 1. The second kappa shape index (κ2) is 11.1. The Morgan fingerprint density at radius 3 is 2.37 bits per heavy atom. The number of hydrogen-bond acceptors (Lipinski definition) is 6. The molecule has 2 fully saturated rings. The summed E-state index contributed by atoms with van der Waals surface area (Å²) in [6.07, 6.45) is 1.29. The van der Waals surface area contributed by atoms with Gasteiger partial charge < -0.3 is 9.64 Å². The van der Waals surface area contributed by atoms with Gasteiger partial charge in [-0.2, -0.15) is 5.06 Å². The normalized spacial score (nSPS) is 25.1. The van der Waals surface area contributed by atoms with Crippen molar-refractivity contribution in [1.82, 2.24) is 9.96 Å². The lowest BCUT2D eigenvalue weighted by molar-refractivity contribution is -0.166. The summed E-state index contributed by atoms with van der Waals surface area (Å²) in [5.74, 6) is 0.268. The van der Waals surface area contributed by atoms with E-state index >= 15 is 0 Å². The molecule has 2 saturated heterocycles. The second-order valence-corrected chi connectivity index (χ2v) is 11.4. The van der Waals surface area contributed by atoms with Crippen LogP contribution in [0.5, 0.6) is 0 Å². The van der Waals surface area contributed by atoms with Crippen molar-refractivity contribution in [2.24, 2.45) is 5.92 Å². The lowest BCUT2D eigenvalue weighted by atomic mass is 9.91. The number of amides is 1. The zero-order chi connectivity index (χ0) is 25.0. The molecule has 2 aliphatic rings. The molecule has 2 aromatic rings. The highest BCUT2D eigenvalue weighted by molar-refractivity contribution is 8.13. The molecule has 0 aliphatic carbocycles. The van der Waals surface area contributed by atoms with E-state index in [4.69, 9.17) is 9.57 Å². The monoisotopic (exact) mass is 496 g/mol. The maximum Gasteiger partial charge on any atom is 0.410 e. The molecule has 4 rings (SSSR count). The molecule has 0 bridgehead atoms. The first-order valence-electron chi connectivity index (χ1n) is 12.4. The van der Waals surface area contributed by atoms with Gasteiger partial charge in [-0.15, -0.1) is 0 Å². The van der Waals surface area contributed by atoms with Gasteiger partial charge in [-0.05, 0) is 51.7 Å². The molecule has 2 aromatic carbocycles. The summed E-state index contributed by atoms with van der Waals surface area (Å²) in [5, 5.41) is 2.07. The molecule has 4 atom stereocenters. The number of nitrogens with zero attached hydrogens (tertiary/aromatic N) is 2. The van der Waals surface area contributed by atoms with Crippen molar-refractivity contribution in [1.29, 1.82) is 0 Å². The Labute approximate surface area is 212 Å². The SMILES string of the molecule is C[C@@H]1ON(Cc2ccccc2)[C@H](c2ccccc2)[C@H]1C(=O)SCC1CCCN1C(=O)OC(C)(C)C. The Morgan fingerprint density at radius 1 is 1.06 bits per heavy atom. The fourth-order valence-corrected chi connectivity index (χ4v) is 6.08. The van der Waals surface area contributed by atoms with E-state index in [2.05, 4.69) is 24.3 Å². The summed E-state index contributed by atoms with van der Waals surface area (Å²) in [6.45, 7) is 8.89. The van der Waals surface area contributed by atoms with Gasteiger partial charge in [0.15, 0.2) is 5.12 Å². The van der Waals surface area contributed by atoms with Crippen LogP contribution in [0.15, 0.2) is 60.7 Å². The molecule has 2 heterocycles. The van der Waals surface area contributed by atoms with Crippen LogP contribution in [-0.4, -0.2) is 51.2 Å². The molecule has 0 saturated carbocycles. The van der Waals surface area contributed by atoms with Gasteiger partial charge >= 0.3 is 6.09 Å². The lowest BCUT2D eigenvalue weighted by Gasteiger charge is -2.29. The van der Waals surface area contributed by atoms with E-state index in [9.17, 15) is 9.59 Å². The zero-order valence-corrected chi connectivity index (χ0v) is 21.9. The minimum atomic E-state index is -0.533. The van der Waals surface area contributed by atoms with E-state index in [0.29, 0.717) is 18.8 Å². The third kappa shape index (κ3) is 6.46. The quantitative estimate of drug-likeness (QED) is 0.501. The number of carbonyl (C=O) groups is 2. The Hall–Kier alpha value is -2.35. The van der Waals surface area contributed by atoms with Gasteiger partial charge in [0.1, 0.15) is 5.60 Å². The summed E-state index contributed by atoms with van der Waals surface area (Å²) >= 11 is 1.33. The largest absolute Gasteiger partial charge is 0.444 e. The molecule has 188 valence electrons. The molecule has 0 N–H and O–H groups in total. The highest BCUT2D eigenvalue weighted by Crippen LogP contribution is 2.43. The van der Waals surface area contributed by atoms with E-state index in [-0.39, 0.29) is 35.3 Å². The molecule has 2 aliphatic heterocycles. The van der Waals surface area contributed by atoms with Crippen LogP contribution in [0.2, 0.25) is 0 Å². The number of rotatable bonds is 6. The van der Waals surface area contributed by atoms with Crippen molar-refractivity contribution in [3.8, 4) is 0 Å². The van der Waals surface area contributed by atoms with Gasteiger partial charge in [-0.1, -0.05) is 72.4 Å². The number of carbonyl (C=O) groups excluding carboxylic acids is 2. The topological polar surface area (TPSA) is 59.1 Å². The first-order chi connectivity index (χ1) is 16.7. The number of benzene rings is 2. The van der Waals surface area contributed by atoms with Crippen molar-refractivity contribution in [3.63, 3.8) is 0 Å². The standard InChI is InChI=1S/C28H36N2O4S/c1-20-24(26(31)35-19-23-16-11-17-29(23)27(32)33-28(2,3)4)25(22-14-9-6-10-15-22)30(34-20)18-21-12-7-5-8-13-21/h5-10,12-15,20,23-25H,11,16-19H2,1-4H3/t20-,23?,24-,25+/m0/s1. The molecule has 1 unspecified atom stereocenters. The third-order valence-electron chi connectivity index (χ3n) is 6.48. The van der Waals surface area contributed by atoms with Gasteiger partial charge in [0.05, 0.1) is 18.1 Å². The van der Waals surface area contributed by atoms with Crippen molar-refractivity contribution in [3.05, 3.63) is 71.8 Å². The number of thioether (sulfide) groups is 1. The summed E-state index contributed by atoms with van der Waals surface area (Å²) in [6, 6.07) is 20.1. The molecule has 0 spiro atoms. The molecular formula is C28H36N2O4S. The van der Waals surface area contributed by atoms with Crippen molar-refractivity contribution in [2.45, 2.75) is 70.9 Å². The minimum absolute atomic E-state index is 0.00650. The highest BCUT2D eigenvalue weighted by atomic mass is 32.2. The van der Waals surface area contributed by atoms with Crippen LogP contribution in [0.4, 0.5) is 4.79 Å². The average molecular weight is 497 g/mol. The van der Waals surface area contributed by atoms with E-state index in [1.807, 2.05) is 69.2 Å². The zero-order valence-electron chi connectivity index (χ0n) is 21.1. The van der Waals surface area contributed by atoms with Gasteiger partial charge in [-0.3, -0.25) is 9.63 Å². The Bertz CT molecular complexity index is 995. The third-order valence-corrected chi connectivity index (χ3v) is 7.58. The fourth-order valence-electron chi connectivity index (χ4n) is 4.87. The smallest absolute Gasteiger partial charge is 0.410 e. The van der Waals surface area contributed by atoms with Gasteiger partial charge in [-0.25, -0.2) is 4.79 Å². The second-order valence-electron chi connectivity index (χ2n) is 10.4. The van der Waals surface area contributed by atoms with Crippen LogP contribution in [0.1, 0.15) is 57.7 Å². The average Bonchev–Trinajstić information content (AvgIpc) is 3.42. The predicted octanol–water partition coefficient (Wildman–Crippen LogP) is 5.84. The maximum absolute atomic E-state index is 13.6. The summed E-state index contributed by atoms with van der Waals surface area (Å²) in [7, 11) is 0. The Balaban J connectivity index is 1.47. The number of hydrogen-bond donors (Lipinski definition) is 0. The van der Waals surface area contributed by atoms with Gasteiger partial charge in [0.25, 0.3) is 0 Å². The van der Waals surface area contributed by atoms with E-state index in [1.165, 1.54) is 11.8 Å². The van der Waals surface area contributed by atoms with Crippen LogP contribution >= 0.6 is 11.8 Å². The first-order valence-corrected chi connectivity index (χ1v) is 13.4. The van der Waals surface area contributed by atoms with Crippen molar-refractivity contribution < 1.29 is 19.2 Å². The summed E-state index contributed by atoms with van der Waals surface area (Å²) < 4.78 is 5.59. The van der Waals surface area contributed by atoms with E-state index in [0.717, 1.165) is 24.0 Å². The Morgan fingerprint density at radius 2 is 1.71 bits per heavy atom. The van der Waals surface area contributed by atoms with Crippen LogP contribution in [0.25, 0.3) is 0 Å². The molecule has 1 amide bonds. The molecule has 35 heavy (non-hydrogen) atoms. The van der Waals surface area contributed by atoms with Crippen molar-refractivity contribution >= 4 is 23.0 Å². The predicted molar refractivity (Wildman–Crippen MR) is 139 cm³/mol. The number of hydroxylamine groups is 2.